The maximum Gasteiger partial charge on any atom is 0.0541 e. The molecule has 2 heteroatoms. The van der Waals surface area contributed by atoms with Crippen LogP contribution in [0.3, 0.4) is 0 Å². The molecule has 0 N–H and O–H groups in total. The number of nitrogens with zero attached hydrogens (tertiary/aromatic N) is 2. The lowest BCUT2D eigenvalue weighted by Gasteiger charge is -2.12. The van der Waals surface area contributed by atoms with Crippen LogP contribution in [0.15, 0.2) is 218 Å². The fourth-order valence-electron chi connectivity index (χ4n) is 10.00. The summed E-state index contributed by atoms with van der Waals surface area (Å²) in [5.74, 6) is 0. The number of fused-ring (bicyclic) bond motifs is 12. The van der Waals surface area contributed by atoms with Crippen LogP contribution in [-0.2, 0) is 0 Å². The topological polar surface area (TPSA) is 9.86 Å². The van der Waals surface area contributed by atoms with Crippen molar-refractivity contribution < 1.29 is 0 Å². The summed E-state index contributed by atoms with van der Waals surface area (Å²) in [6.45, 7) is 0. The van der Waals surface area contributed by atoms with E-state index in [0.29, 0.717) is 0 Å². The second-order valence-corrected chi connectivity index (χ2v) is 16.1. The van der Waals surface area contributed by atoms with Crippen molar-refractivity contribution in [1.82, 2.24) is 9.13 Å². The van der Waals surface area contributed by atoms with E-state index in [4.69, 9.17) is 0 Å². The summed E-state index contributed by atoms with van der Waals surface area (Å²) in [6, 6.07) is 80.6. The Morgan fingerprint density at radius 3 is 1.33 bits per heavy atom. The maximum absolute atomic E-state index is 2.43. The summed E-state index contributed by atoms with van der Waals surface area (Å²) in [4.78, 5) is 0. The molecule has 13 rings (SSSR count). The van der Waals surface area contributed by atoms with E-state index in [9.17, 15) is 0 Å². The number of hydrogen-bond acceptors (Lipinski definition) is 0. The van der Waals surface area contributed by atoms with Crippen LogP contribution in [0.5, 0.6) is 0 Å². The molecule has 0 saturated heterocycles. The average Bonchev–Trinajstić information content (AvgIpc) is 3.83. The first-order chi connectivity index (χ1) is 29.7. The van der Waals surface area contributed by atoms with Gasteiger partial charge < -0.3 is 9.13 Å². The molecule has 2 nitrogen and oxygen atoms in total. The number of hydrogen-bond donors (Lipinski definition) is 0. The number of aromatic nitrogens is 2. The van der Waals surface area contributed by atoms with E-state index in [2.05, 4.69) is 228 Å². The zero-order chi connectivity index (χ0) is 39.3. The molecule has 2 aromatic heterocycles. The van der Waals surface area contributed by atoms with Crippen LogP contribution in [0.1, 0.15) is 0 Å². The van der Waals surface area contributed by atoms with E-state index < -0.39 is 0 Å². The fourth-order valence-corrected chi connectivity index (χ4v) is 10.00. The molecule has 0 saturated carbocycles. The SMILES string of the molecule is c1ccc(-n2c3ccccc3c3cc(-c4ccc5c(c4)c4ccccc4n5-c4ccc5cc(-c6ccc7c(ccc8c9ccccc9ccc78)c6)ccc5c4)ccc32)cc1. The molecule has 0 bridgehead atoms. The van der Waals surface area contributed by atoms with Crippen molar-refractivity contribution >= 4 is 86.7 Å². The lowest BCUT2D eigenvalue weighted by atomic mass is 9.94. The summed E-state index contributed by atoms with van der Waals surface area (Å²) in [7, 11) is 0. The molecule has 13 aromatic rings. The molecule has 0 unspecified atom stereocenters. The summed E-state index contributed by atoms with van der Waals surface area (Å²) in [6.07, 6.45) is 0. The van der Waals surface area contributed by atoms with Crippen LogP contribution in [-0.4, -0.2) is 9.13 Å². The zero-order valence-corrected chi connectivity index (χ0v) is 32.7. The van der Waals surface area contributed by atoms with Crippen molar-refractivity contribution in [2.45, 2.75) is 0 Å². The Bertz CT molecular complexity index is 3880. The molecule has 0 amide bonds. The molecule has 0 aliphatic rings. The van der Waals surface area contributed by atoms with Crippen LogP contribution in [0, 0.1) is 0 Å². The van der Waals surface area contributed by atoms with Crippen molar-refractivity contribution in [3.63, 3.8) is 0 Å². The Hall–Kier alpha value is -7.94. The van der Waals surface area contributed by atoms with E-state index in [1.807, 2.05) is 0 Å². The Morgan fingerprint density at radius 2 is 0.633 bits per heavy atom. The maximum atomic E-state index is 2.43. The number of rotatable bonds is 4. The van der Waals surface area contributed by atoms with Gasteiger partial charge in [-0.1, -0.05) is 146 Å². The van der Waals surface area contributed by atoms with Crippen molar-refractivity contribution in [3.8, 4) is 33.6 Å². The molecule has 2 heterocycles. The lowest BCUT2D eigenvalue weighted by Crippen LogP contribution is -1.94. The smallest absolute Gasteiger partial charge is 0.0541 e. The second kappa shape index (κ2) is 12.8. The van der Waals surface area contributed by atoms with Gasteiger partial charge in [-0.3, -0.25) is 0 Å². The predicted molar refractivity (Wildman–Crippen MR) is 256 cm³/mol. The number of benzene rings is 11. The van der Waals surface area contributed by atoms with E-state index in [-0.39, 0.29) is 0 Å². The van der Waals surface area contributed by atoms with Crippen molar-refractivity contribution in [2.75, 3.05) is 0 Å². The Morgan fingerprint density at radius 1 is 0.200 bits per heavy atom. The minimum Gasteiger partial charge on any atom is -0.309 e. The highest BCUT2D eigenvalue weighted by molar-refractivity contribution is 6.18. The molecule has 0 fully saturated rings. The Kier molecular flexibility index (Phi) is 7.05. The van der Waals surface area contributed by atoms with Gasteiger partial charge in [0, 0.05) is 32.9 Å². The normalized spacial score (nSPS) is 12.0. The Balaban J connectivity index is 0.885. The monoisotopic (exact) mass is 760 g/mol. The second-order valence-electron chi connectivity index (χ2n) is 16.1. The van der Waals surface area contributed by atoms with Gasteiger partial charge >= 0.3 is 0 Å². The largest absolute Gasteiger partial charge is 0.309 e. The predicted octanol–water partition coefficient (Wildman–Crippen LogP) is 15.8. The first kappa shape index (κ1) is 33.1. The molecule has 278 valence electrons. The quantitative estimate of drug-likeness (QED) is 0.158. The fraction of sp³-hybridized carbons (Fsp3) is 0. The lowest BCUT2D eigenvalue weighted by molar-refractivity contribution is 1.18. The minimum atomic E-state index is 1.16. The Labute approximate surface area is 346 Å². The van der Waals surface area contributed by atoms with Gasteiger partial charge in [0.2, 0.25) is 0 Å². The third-order valence-corrected chi connectivity index (χ3v) is 12.9. The first-order valence-electron chi connectivity index (χ1n) is 20.7. The molecular weight excluding hydrogens is 725 g/mol. The summed E-state index contributed by atoms with van der Waals surface area (Å²) >= 11 is 0. The van der Waals surface area contributed by atoms with E-state index in [1.165, 1.54) is 115 Å². The van der Waals surface area contributed by atoms with Gasteiger partial charge in [0.05, 0.1) is 22.1 Å². The molecule has 0 radical (unpaired) electrons. The first-order valence-corrected chi connectivity index (χ1v) is 20.7. The molecule has 0 spiro atoms. The van der Waals surface area contributed by atoms with Gasteiger partial charge in [-0.2, -0.15) is 0 Å². The summed E-state index contributed by atoms with van der Waals surface area (Å²) in [5.41, 5.74) is 12.1. The molecule has 0 atom stereocenters. The van der Waals surface area contributed by atoms with E-state index >= 15 is 0 Å². The summed E-state index contributed by atoms with van der Waals surface area (Å²) in [5, 5.41) is 15.2. The van der Waals surface area contributed by atoms with Crippen LogP contribution >= 0.6 is 0 Å². The van der Waals surface area contributed by atoms with Crippen LogP contribution in [0.2, 0.25) is 0 Å². The minimum absolute atomic E-state index is 1.16. The summed E-state index contributed by atoms with van der Waals surface area (Å²) < 4.78 is 4.80. The molecule has 0 aliphatic carbocycles. The van der Waals surface area contributed by atoms with Crippen LogP contribution in [0.25, 0.3) is 120 Å². The van der Waals surface area contributed by atoms with Gasteiger partial charge in [0.25, 0.3) is 0 Å². The van der Waals surface area contributed by atoms with Gasteiger partial charge in [-0.25, -0.2) is 0 Å². The van der Waals surface area contributed by atoms with E-state index in [0.717, 1.165) is 5.69 Å². The zero-order valence-electron chi connectivity index (χ0n) is 32.7. The molecular formula is C58H36N2. The van der Waals surface area contributed by atoms with Gasteiger partial charge in [-0.05, 0) is 138 Å². The standard InChI is InChI=1S/C58H36N2/c1-2-11-45(12-3-1)59-55-16-8-6-14-51(55)53-35-42(24-30-57(53)59)43-25-31-58-54(36-43)52-15-7-9-17-56(52)60(58)46-26-20-39-32-38(18-19-41(39)34-46)40-22-27-48-44(33-40)23-29-49-47-13-5-4-10-37(47)21-28-50(48)49/h1-36H. The van der Waals surface area contributed by atoms with Crippen LogP contribution < -0.4 is 0 Å². The highest BCUT2D eigenvalue weighted by atomic mass is 15.0. The van der Waals surface area contributed by atoms with Crippen molar-refractivity contribution in [3.05, 3.63) is 218 Å². The third-order valence-electron chi connectivity index (χ3n) is 12.9. The highest BCUT2D eigenvalue weighted by Crippen LogP contribution is 2.40. The van der Waals surface area contributed by atoms with E-state index in [1.54, 1.807) is 0 Å². The van der Waals surface area contributed by atoms with Gasteiger partial charge in [-0.15, -0.1) is 0 Å². The molecule has 0 aliphatic heterocycles. The third kappa shape index (κ3) is 4.95. The van der Waals surface area contributed by atoms with Gasteiger partial charge in [0.15, 0.2) is 0 Å². The average molecular weight is 761 g/mol. The van der Waals surface area contributed by atoms with Gasteiger partial charge in [0.1, 0.15) is 0 Å². The highest BCUT2D eigenvalue weighted by Gasteiger charge is 2.17. The van der Waals surface area contributed by atoms with Crippen molar-refractivity contribution in [1.29, 1.82) is 0 Å². The molecule has 11 aromatic carbocycles. The van der Waals surface area contributed by atoms with Crippen LogP contribution in [0.4, 0.5) is 0 Å². The molecule has 60 heavy (non-hydrogen) atoms. The van der Waals surface area contributed by atoms with Crippen molar-refractivity contribution in [2.24, 2.45) is 0 Å². The number of para-hydroxylation sites is 3.